The Balaban J connectivity index is 2.11. The molecule has 118 valence electrons. The lowest BCUT2D eigenvalue weighted by atomic mass is 9.96. The third kappa shape index (κ3) is 4.05. The molecule has 1 aliphatic heterocycles. The van der Waals surface area contributed by atoms with Crippen molar-refractivity contribution in [3.8, 4) is 0 Å². The van der Waals surface area contributed by atoms with E-state index in [0.29, 0.717) is 30.4 Å². The second-order valence-corrected chi connectivity index (χ2v) is 7.78. The zero-order valence-corrected chi connectivity index (χ0v) is 13.6. The van der Waals surface area contributed by atoms with Crippen LogP contribution in [0.5, 0.6) is 0 Å². The molecule has 0 spiro atoms. The summed E-state index contributed by atoms with van der Waals surface area (Å²) in [6.45, 7) is 3.91. The molecular formula is C16H26N2O2S. The van der Waals surface area contributed by atoms with E-state index in [1.54, 1.807) is 28.6 Å². The van der Waals surface area contributed by atoms with Crippen LogP contribution in [-0.4, -0.2) is 25.8 Å². The molecule has 0 bridgehead atoms. The fraction of sp³-hybridized carbons (Fsp3) is 0.625. The fourth-order valence-electron chi connectivity index (χ4n) is 3.02. The molecule has 1 atom stereocenters. The molecule has 0 saturated carbocycles. The monoisotopic (exact) mass is 310 g/mol. The van der Waals surface area contributed by atoms with Crippen molar-refractivity contribution < 1.29 is 8.42 Å². The van der Waals surface area contributed by atoms with Gasteiger partial charge in [-0.1, -0.05) is 31.9 Å². The molecule has 1 fully saturated rings. The Morgan fingerprint density at radius 2 is 1.90 bits per heavy atom. The number of hydrogen-bond acceptors (Lipinski definition) is 3. The van der Waals surface area contributed by atoms with Gasteiger partial charge in [-0.05, 0) is 42.9 Å². The van der Waals surface area contributed by atoms with Crippen LogP contribution in [0.25, 0.3) is 0 Å². The number of hydrogen-bond donors (Lipinski definition) is 1. The van der Waals surface area contributed by atoms with Crippen molar-refractivity contribution in [2.24, 2.45) is 11.7 Å². The Morgan fingerprint density at radius 3 is 2.52 bits per heavy atom. The molecule has 0 aliphatic carbocycles. The maximum atomic E-state index is 12.7. The number of sulfonamides is 1. The predicted molar refractivity (Wildman–Crippen MR) is 85.3 cm³/mol. The molecule has 1 aliphatic rings. The number of nitrogens with two attached hydrogens (primary N) is 1. The number of benzene rings is 1. The molecule has 1 aromatic rings. The van der Waals surface area contributed by atoms with Crippen molar-refractivity contribution in [2.75, 3.05) is 13.1 Å². The summed E-state index contributed by atoms with van der Waals surface area (Å²) in [5.74, 6) is 0.676. The van der Waals surface area contributed by atoms with Gasteiger partial charge in [-0.2, -0.15) is 4.31 Å². The Bertz CT molecular complexity index is 540. The van der Waals surface area contributed by atoms with Gasteiger partial charge >= 0.3 is 0 Å². The highest BCUT2D eigenvalue weighted by molar-refractivity contribution is 7.89. The summed E-state index contributed by atoms with van der Waals surface area (Å²) in [6, 6.07) is 6.94. The average Bonchev–Trinajstić information content (AvgIpc) is 2.74. The van der Waals surface area contributed by atoms with Crippen LogP contribution in [0, 0.1) is 5.92 Å². The van der Waals surface area contributed by atoms with Crippen molar-refractivity contribution in [1.82, 2.24) is 4.31 Å². The first-order valence-corrected chi connectivity index (χ1v) is 9.31. The highest BCUT2D eigenvalue weighted by atomic mass is 32.2. The minimum absolute atomic E-state index is 0.383. The molecule has 1 saturated heterocycles. The lowest BCUT2D eigenvalue weighted by molar-refractivity contribution is 0.400. The molecule has 1 aromatic carbocycles. The first-order chi connectivity index (χ1) is 10.1. The zero-order valence-electron chi connectivity index (χ0n) is 12.8. The maximum Gasteiger partial charge on any atom is 0.243 e. The van der Waals surface area contributed by atoms with E-state index < -0.39 is 10.0 Å². The molecule has 0 aromatic heterocycles. The fourth-order valence-corrected chi connectivity index (χ4v) is 4.52. The summed E-state index contributed by atoms with van der Waals surface area (Å²) in [5.41, 5.74) is 6.51. The van der Waals surface area contributed by atoms with Gasteiger partial charge in [-0.15, -0.1) is 0 Å². The third-order valence-corrected chi connectivity index (χ3v) is 6.21. The van der Waals surface area contributed by atoms with Gasteiger partial charge in [-0.25, -0.2) is 8.42 Å². The van der Waals surface area contributed by atoms with E-state index in [1.807, 2.05) is 0 Å². The van der Waals surface area contributed by atoms with Crippen LogP contribution in [-0.2, 0) is 16.6 Å². The molecule has 5 heteroatoms. The van der Waals surface area contributed by atoms with E-state index in [2.05, 4.69) is 6.92 Å². The average molecular weight is 310 g/mol. The first kappa shape index (κ1) is 16.5. The summed E-state index contributed by atoms with van der Waals surface area (Å²) in [6.07, 6.45) is 5.47. The lowest BCUT2D eigenvalue weighted by Gasteiger charge is -2.20. The van der Waals surface area contributed by atoms with Crippen molar-refractivity contribution >= 4 is 10.0 Å². The topological polar surface area (TPSA) is 63.4 Å². The minimum atomic E-state index is -3.36. The number of nitrogens with zero attached hydrogens (tertiary/aromatic N) is 1. The van der Waals surface area contributed by atoms with Crippen LogP contribution in [0.2, 0.25) is 0 Å². The van der Waals surface area contributed by atoms with Gasteiger partial charge in [0.2, 0.25) is 10.0 Å². The Labute approximate surface area is 128 Å². The predicted octanol–water partition coefficient (Wildman–Crippen LogP) is 2.74. The van der Waals surface area contributed by atoms with Gasteiger partial charge in [0, 0.05) is 19.6 Å². The Morgan fingerprint density at radius 1 is 1.19 bits per heavy atom. The highest BCUT2D eigenvalue weighted by Gasteiger charge is 2.27. The second kappa shape index (κ2) is 7.38. The van der Waals surface area contributed by atoms with Crippen molar-refractivity contribution in [1.29, 1.82) is 0 Å². The van der Waals surface area contributed by atoms with Gasteiger partial charge in [0.25, 0.3) is 0 Å². The molecule has 2 rings (SSSR count). The van der Waals surface area contributed by atoms with Gasteiger partial charge < -0.3 is 5.73 Å². The van der Waals surface area contributed by atoms with Gasteiger partial charge in [0.1, 0.15) is 0 Å². The Hall–Kier alpha value is -0.910. The van der Waals surface area contributed by atoms with Gasteiger partial charge in [-0.3, -0.25) is 0 Å². The number of rotatable bonds is 5. The minimum Gasteiger partial charge on any atom is -0.326 e. The summed E-state index contributed by atoms with van der Waals surface area (Å²) in [7, 11) is -3.36. The summed E-state index contributed by atoms with van der Waals surface area (Å²) in [4.78, 5) is 0.383. The van der Waals surface area contributed by atoms with Crippen molar-refractivity contribution in [3.63, 3.8) is 0 Å². The smallest absolute Gasteiger partial charge is 0.243 e. The van der Waals surface area contributed by atoms with E-state index in [1.165, 1.54) is 12.8 Å². The summed E-state index contributed by atoms with van der Waals surface area (Å²) in [5, 5.41) is 0. The van der Waals surface area contributed by atoms with E-state index in [0.717, 1.165) is 24.8 Å². The van der Waals surface area contributed by atoms with E-state index in [4.69, 9.17) is 5.73 Å². The maximum absolute atomic E-state index is 12.7. The van der Waals surface area contributed by atoms with E-state index in [9.17, 15) is 8.42 Å². The van der Waals surface area contributed by atoms with Crippen LogP contribution in [0.15, 0.2) is 29.2 Å². The molecule has 4 nitrogen and oxygen atoms in total. The second-order valence-electron chi connectivity index (χ2n) is 5.84. The summed E-state index contributed by atoms with van der Waals surface area (Å²) < 4.78 is 27.1. The molecule has 0 amide bonds. The van der Waals surface area contributed by atoms with Crippen LogP contribution < -0.4 is 5.73 Å². The molecule has 1 heterocycles. The van der Waals surface area contributed by atoms with Crippen LogP contribution in [0.4, 0.5) is 0 Å². The largest absolute Gasteiger partial charge is 0.326 e. The van der Waals surface area contributed by atoms with Crippen LogP contribution >= 0.6 is 0 Å². The van der Waals surface area contributed by atoms with E-state index in [-0.39, 0.29) is 0 Å². The molecule has 0 radical (unpaired) electrons. The van der Waals surface area contributed by atoms with Crippen LogP contribution in [0.3, 0.4) is 0 Å². The van der Waals surface area contributed by atoms with Gasteiger partial charge in [0.05, 0.1) is 4.90 Å². The third-order valence-electron chi connectivity index (χ3n) is 4.30. The van der Waals surface area contributed by atoms with Crippen LogP contribution in [0.1, 0.15) is 44.6 Å². The summed E-state index contributed by atoms with van der Waals surface area (Å²) >= 11 is 0. The highest BCUT2D eigenvalue weighted by Crippen LogP contribution is 2.25. The van der Waals surface area contributed by atoms with Crippen molar-refractivity contribution in [2.45, 2.75) is 50.5 Å². The van der Waals surface area contributed by atoms with Gasteiger partial charge in [0.15, 0.2) is 0 Å². The normalized spacial score (nSPS) is 21.1. The standard InChI is InChI=1S/C16H26N2O2S/c1-2-4-14-5-3-11-18(12-10-14)21(19,20)16-8-6-15(13-17)7-9-16/h6-9,14H,2-5,10-13,17H2,1H3. The molecule has 1 unspecified atom stereocenters. The molecular weight excluding hydrogens is 284 g/mol. The quantitative estimate of drug-likeness (QED) is 0.909. The first-order valence-electron chi connectivity index (χ1n) is 7.87. The molecule has 2 N–H and O–H groups in total. The molecule has 21 heavy (non-hydrogen) atoms. The lowest BCUT2D eigenvalue weighted by Crippen LogP contribution is -2.32. The SMILES string of the molecule is CCCC1CCCN(S(=O)(=O)c2ccc(CN)cc2)CC1. The van der Waals surface area contributed by atoms with Crippen molar-refractivity contribution in [3.05, 3.63) is 29.8 Å². The zero-order chi connectivity index (χ0) is 15.3. The Kier molecular flexibility index (Phi) is 5.79. The van der Waals surface area contributed by atoms with E-state index >= 15 is 0 Å².